The van der Waals surface area contributed by atoms with Gasteiger partial charge in [0.15, 0.2) is 0 Å². The standard InChI is InChI=1S/C11H13N5S/c1-6-4-3-5-8(10(12)13)9(6)17-11-14-7(2)15-16-11/h3-5H,1-2H3,(H3,12,13)(H,14,15,16). The van der Waals surface area contributed by atoms with Gasteiger partial charge < -0.3 is 5.73 Å². The van der Waals surface area contributed by atoms with Gasteiger partial charge in [0.1, 0.15) is 11.7 Å². The van der Waals surface area contributed by atoms with Crippen LogP contribution in [-0.4, -0.2) is 21.0 Å². The van der Waals surface area contributed by atoms with Crippen molar-refractivity contribution in [1.29, 1.82) is 5.41 Å². The first kappa shape index (κ1) is 11.7. The lowest BCUT2D eigenvalue weighted by Gasteiger charge is -2.08. The Hall–Kier alpha value is -1.82. The van der Waals surface area contributed by atoms with Gasteiger partial charge in [0.05, 0.1) is 0 Å². The molecule has 0 aliphatic carbocycles. The molecule has 2 rings (SSSR count). The van der Waals surface area contributed by atoms with E-state index in [0.29, 0.717) is 5.16 Å². The van der Waals surface area contributed by atoms with Crippen molar-refractivity contribution in [2.24, 2.45) is 5.73 Å². The van der Waals surface area contributed by atoms with E-state index in [4.69, 9.17) is 11.1 Å². The number of H-pyrrole nitrogens is 1. The molecule has 1 aromatic carbocycles. The van der Waals surface area contributed by atoms with Gasteiger partial charge in [0, 0.05) is 10.5 Å². The minimum absolute atomic E-state index is 0.0588. The highest BCUT2D eigenvalue weighted by molar-refractivity contribution is 7.99. The summed E-state index contributed by atoms with van der Waals surface area (Å²) >= 11 is 1.42. The van der Waals surface area contributed by atoms with Crippen LogP contribution in [0.5, 0.6) is 0 Å². The number of amidine groups is 1. The van der Waals surface area contributed by atoms with Gasteiger partial charge in [-0.15, -0.1) is 5.10 Å². The van der Waals surface area contributed by atoms with Crippen molar-refractivity contribution in [3.63, 3.8) is 0 Å². The molecule has 0 bridgehead atoms. The Labute approximate surface area is 103 Å². The number of hydrogen-bond acceptors (Lipinski definition) is 4. The molecular weight excluding hydrogens is 234 g/mol. The predicted octanol–water partition coefficient (Wildman–Crippen LogP) is 1.86. The zero-order valence-electron chi connectivity index (χ0n) is 9.61. The molecule has 4 N–H and O–H groups in total. The lowest BCUT2D eigenvalue weighted by molar-refractivity contribution is 0.968. The number of aryl methyl sites for hydroxylation is 2. The number of hydrogen-bond donors (Lipinski definition) is 3. The topological polar surface area (TPSA) is 91.4 Å². The highest BCUT2D eigenvalue weighted by atomic mass is 32.2. The van der Waals surface area contributed by atoms with Gasteiger partial charge in [0.25, 0.3) is 0 Å². The summed E-state index contributed by atoms with van der Waals surface area (Å²) in [5.74, 6) is 0.828. The van der Waals surface area contributed by atoms with Crippen LogP contribution in [0, 0.1) is 19.3 Å². The number of aromatic nitrogens is 3. The summed E-state index contributed by atoms with van der Waals surface area (Å²) in [6.45, 7) is 3.83. The number of nitrogens with one attached hydrogen (secondary N) is 2. The third-order valence-electron chi connectivity index (χ3n) is 2.27. The van der Waals surface area contributed by atoms with E-state index in [1.54, 1.807) is 0 Å². The molecule has 0 atom stereocenters. The van der Waals surface area contributed by atoms with Crippen molar-refractivity contribution in [3.8, 4) is 0 Å². The monoisotopic (exact) mass is 247 g/mol. The number of benzene rings is 1. The van der Waals surface area contributed by atoms with E-state index in [1.165, 1.54) is 11.8 Å². The summed E-state index contributed by atoms with van der Waals surface area (Å²) in [7, 11) is 0. The zero-order chi connectivity index (χ0) is 12.4. The maximum absolute atomic E-state index is 7.56. The number of nitrogens with two attached hydrogens (primary N) is 1. The SMILES string of the molecule is Cc1nc(Sc2c(C)cccc2C(=N)N)n[nH]1. The normalized spacial score (nSPS) is 10.5. The molecule has 1 heterocycles. The number of nitrogens with zero attached hydrogens (tertiary/aromatic N) is 2. The van der Waals surface area contributed by atoms with Crippen LogP contribution in [0.4, 0.5) is 0 Å². The summed E-state index contributed by atoms with van der Waals surface area (Å²) in [6, 6.07) is 5.70. The highest BCUT2D eigenvalue weighted by Crippen LogP contribution is 2.30. The fourth-order valence-corrected chi connectivity index (χ4v) is 2.43. The first-order valence-corrected chi connectivity index (χ1v) is 5.90. The van der Waals surface area contributed by atoms with Gasteiger partial charge in [-0.25, -0.2) is 4.98 Å². The van der Waals surface area contributed by atoms with Crippen LogP contribution in [0.25, 0.3) is 0 Å². The van der Waals surface area contributed by atoms with Gasteiger partial charge in [-0.3, -0.25) is 10.5 Å². The summed E-state index contributed by atoms with van der Waals surface area (Å²) in [4.78, 5) is 5.16. The van der Waals surface area contributed by atoms with E-state index in [1.807, 2.05) is 32.0 Å². The molecule has 2 aromatic rings. The summed E-state index contributed by atoms with van der Waals surface area (Å²) in [5, 5.41) is 15.1. The molecule has 0 aliphatic heterocycles. The Morgan fingerprint density at radius 1 is 1.41 bits per heavy atom. The van der Waals surface area contributed by atoms with Crippen molar-refractivity contribution < 1.29 is 0 Å². The maximum Gasteiger partial charge on any atom is 0.213 e. The lowest BCUT2D eigenvalue weighted by atomic mass is 10.1. The first-order chi connectivity index (χ1) is 8.08. The molecule has 0 aliphatic rings. The minimum Gasteiger partial charge on any atom is -0.384 e. The Morgan fingerprint density at radius 3 is 2.76 bits per heavy atom. The molecule has 6 heteroatoms. The molecule has 0 radical (unpaired) electrons. The average molecular weight is 247 g/mol. The van der Waals surface area contributed by atoms with Crippen LogP contribution in [0.2, 0.25) is 0 Å². The molecule has 0 fully saturated rings. The van der Waals surface area contributed by atoms with Gasteiger partial charge in [-0.2, -0.15) is 0 Å². The third-order valence-corrected chi connectivity index (χ3v) is 3.38. The smallest absolute Gasteiger partial charge is 0.213 e. The molecule has 0 saturated heterocycles. The second kappa shape index (κ2) is 4.58. The summed E-state index contributed by atoms with van der Waals surface area (Å²) < 4.78 is 0. The maximum atomic E-state index is 7.56. The Balaban J connectivity index is 2.40. The second-order valence-electron chi connectivity index (χ2n) is 3.67. The minimum atomic E-state index is 0.0588. The summed E-state index contributed by atoms with van der Waals surface area (Å²) in [5.41, 5.74) is 7.34. The van der Waals surface area contributed by atoms with Gasteiger partial charge in [-0.05, 0) is 31.2 Å². The van der Waals surface area contributed by atoms with E-state index in [2.05, 4.69) is 15.2 Å². The molecule has 0 unspecified atom stereocenters. The van der Waals surface area contributed by atoms with Crippen LogP contribution < -0.4 is 5.73 Å². The molecule has 0 amide bonds. The van der Waals surface area contributed by atoms with Crippen molar-refractivity contribution in [2.75, 3.05) is 0 Å². The largest absolute Gasteiger partial charge is 0.384 e. The highest BCUT2D eigenvalue weighted by Gasteiger charge is 2.12. The van der Waals surface area contributed by atoms with Crippen molar-refractivity contribution >= 4 is 17.6 Å². The van der Waals surface area contributed by atoms with Crippen LogP contribution in [-0.2, 0) is 0 Å². The van der Waals surface area contributed by atoms with E-state index < -0.39 is 0 Å². The third kappa shape index (κ3) is 2.47. The average Bonchev–Trinajstić information content (AvgIpc) is 2.67. The van der Waals surface area contributed by atoms with Gasteiger partial charge >= 0.3 is 0 Å². The lowest BCUT2D eigenvalue weighted by Crippen LogP contribution is -2.12. The van der Waals surface area contributed by atoms with Gasteiger partial charge in [-0.1, -0.05) is 18.2 Å². The fourth-order valence-electron chi connectivity index (χ4n) is 1.46. The molecule has 0 spiro atoms. The van der Waals surface area contributed by atoms with Crippen LogP contribution in [0.1, 0.15) is 17.0 Å². The molecule has 88 valence electrons. The van der Waals surface area contributed by atoms with E-state index in [0.717, 1.165) is 21.8 Å². The Morgan fingerprint density at radius 2 is 2.18 bits per heavy atom. The van der Waals surface area contributed by atoms with Gasteiger partial charge in [0.2, 0.25) is 5.16 Å². The second-order valence-corrected chi connectivity index (χ2v) is 4.65. The van der Waals surface area contributed by atoms with Crippen molar-refractivity contribution in [3.05, 3.63) is 35.2 Å². The van der Waals surface area contributed by atoms with E-state index in [9.17, 15) is 0 Å². The van der Waals surface area contributed by atoms with Crippen molar-refractivity contribution in [2.45, 2.75) is 23.9 Å². The van der Waals surface area contributed by atoms with E-state index in [-0.39, 0.29) is 5.84 Å². The Kier molecular flexibility index (Phi) is 3.14. The number of aromatic amines is 1. The summed E-state index contributed by atoms with van der Waals surface area (Å²) in [6.07, 6.45) is 0. The number of rotatable bonds is 3. The van der Waals surface area contributed by atoms with E-state index >= 15 is 0 Å². The first-order valence-electron chi connectivity index (χ1n) is 5.09. The fraction of sp³-hybridized carbons (Fsp3) is 0.182. The molecule has 0 saturated carbocycles. The predicted molar refractivity (Wildman–Crippen MR) is 67.4 cm³/mol. The molecule has 1 aromatic heterocycles. The molecular formula is C11H13N5S. The zero-order valence-corrected chi connectivity index (χ0v) is 10.4. The Bertz CT molecular complexity index is 561. The quantitative estimate of drug-likeness (QED) is 0.570. The van der Waals surface area contributed by atoms with Crippen LogP contribution >= 0.6 is 11.8 Å². The van der Waals surface area contributed by atoms with Crippen molar-refractivity contribution in [1.82, 2.24) is 15.2 Å². The van der Waals surface area contributed by atoms with Crippen LogP contribution in [0.15, 0.2) is 28.3 Å². The number of nitrogen functional groups attached to an aromatic ring is 1. The van der Waals surface area contributed by atoms with Crippen LogP contribution in [0.3, 0.4) is 0 Å². The molecule has 17 heavy (non-hydrogen) atoms. The molecule has 5 nitrogen and oxygen atoms in total.